The molecule has 0 aliphatic heterocycles. The zero-order valence-electron chi connectivity index (χ0n) is 12.1. The average molecular weight is 326 g/mol. The molecule has 0 spiro atoms. The van der Waals surface area contributed by atoms with Crippen LogP contribution in [0, 0.1) is 24.1 Å². The average Bonchev–Trinajstić information content (AvgIpc) is 3.18. The van der Waals surface area contributed by atoms with Crippen molar-refractivity contribution in [2.24, 2.45) is 0 Å². The number of hydrogen-bond donors (Lipinski definition) is 0. The number of para-hydroxylation sites is 1. The highest BCUT2D eigenvalue weighted by molar-refractivity contribution is 7.10. The van der Waals surface area contributed by atoms with E-state index < -0.39 is 17.5 Å². The van der Waals surface area contributed by atoms with Crippen LogP contribution in [0.4, 0.5) is 4.39 Å². The molecule has 2 heterocycles. The van der Waals surface area contributed by atoms with Crippen LogP contribution >= 0.6 is 11.3 Å². The van der Waals surface area contributed by atoms with E-state index in [2.05, 4.69) is 10.1 Å². The van der Waals surface area contributed by atoms with Gasteiger partial charge in [0.05, 0.1) is 6.07 Å². The molecule has 3 aromatic rings. The number of thiazole rings is 1. The van der Waals surface area contributed by atoms with Crippen molar-refractivity contribution >= 4 is 17.1 Å². The van der Waals surface area contributed by atoms with Crippen LogP contribution in [0.25, 0.3) is 5.69 Å². The number of carbonyl (C=O) groups excluding carboxylic acids is 1. The maximum Gasteiger partial charge on any atom is 0.207 e. The number of ketones is 1. The third-order valence-corrected chi connectivity index (χ3v) is 4.24. The summed E-state index contributed by atoms with van der Waals surface area (Å²) in [5, 5.41) is 15.6. The lowest BCUT2D eigenvalue weighted by molar-refractivity contribution is 0.0973. The highest BCUT2D eigenvalue weighted by Crippen LogP contribution is 2.23. The molecule has 1 unspecified atom stereocenters. The van der Waals surface area contributed by atoms with Crippen molar-refractivity contribution in [1.29, 1.82) is 5.26 Å². The Balaban J connectivity index is 1.92. The maximum absolute atomic E-state index is 13.8. The number of carbonyl (C=O) groups is 1. The lowest BCUT2D eigenvalue weighted by atomic mass is 10.0. The lowest BCUT2D eigenvalue weighted by Gasteiger charge is -2.03. The lowest BCUT2D eigenvalue weighted by Crippen LogP contribution is -2.12. The molecule has 0 amide bonds. The molecule has 3 rings (SSSR count). The van der Waals surface area contributed by atoms with Gasteiger partial charge < -0.3 is 0 Å². The largest absolute Gasteiger partial charge is 0.290 e. The first-order valence-electron chi connectivity index (χ1n) is 6.76. The molecule has 2 aromatic heterocycles. The molecule has 0 radical (unpaired) electrons. The zero-order chi connectivity index (χ0) is 16.4. The van der Waals surface area contributed by atoms with Gasteiger partial charge in [-0.15, -0.1) is 11.3 Å². The van der Waals surface area contributed by atoms with Gasteiger partial charge in [0, 0.05) is 17.3 Å². The second-order valence-corrected chi connectivity index (χ2v) is 5.74. The van der Waals surface area contributed by atoms with Gasteiger partial charge in [-0.2, -0.15) is 10.4 Å². The van der Waals surface area contributed by atoms with Gasteiger partial charge in [0.15, 0.2) is 5.92 Å². The predicted molar refractivity (Wildman–Crippen MR) is 83.1 cm³/mol. The minimum Gasteiger partial charge on any atom is -0.290 e. The Morgan fingerprint density at radius 1 is 1.39 bits per heavy atom. The quantitative estimate of drug-likeness (QED) is 0.690. The molecule has 0 saturated heterocycles. The van der Waals surface area contributed by atoms with E-state index in [1.54, 1.807) is 30.5 Å². The third kappa shape index (κ3) is 2.89. The van der Waals surface area contributed by atoms with Crippen LogP contribution in [-0.2, 0) is 0 Å². The molecule has 23 heavy (non-hydrogen) atoms. The Hall–Kier alpha value is -2.85. The summed E-state index contributed by atoms with van der Waals surface area (Å²) in [5.41, 5.74) is 1.10. The molecule has 1 aromatic carbocycles. The number of nitrogens with zero attached hydrogens (tertiary/aromatic N) is 4. The number of aryl methyl sites for hydroxylation is 1. The minimum atomic E-state index is -1.00. The summed E-state index contributed by atoms with van der Waals surface area (Å²) in [6, 6.07) is 9.56. The van der Waals surface area contributed by atoms with Gasteiger partial charge in [0.1, 0.15) is 22.2 Å². The van der Waals surface area contributed by atoms with Gasteiger partial charge in [0.2, 0.25) is 5.78 Å². The molecule has 0 aliphatic carbocycles. The first-order chi connectivity index (χ1) is 11.1. The standard InChI is InChI=1S/C16H11FN4OS/c1-10-9-23-16(19-10)11(8-18)15(22)13-6-7-21(20-13)14-5-3-2-4-12(14)17/h2-7,9,11H,1H3. The molecule has 0 fully saturated rings. The van der Waals surface area contributed by atoms with Crippen LogP contribution in [0.15, 0.2) is 41.9 Å². The predicted octanol–water partition coefficient (Wildman–Crippen LogP) is 3.27. The van der Waals surface area contributed by atoms with Crippen molar-refractivity contribution < 1.29 is 9.18 Å². The van der Waals surface area contributed by atoms with E-state index in [1.165, 1.54) is 34.3 Å². The molecule has 0 bridgehead atoms. The van der Waals surface area contributed by atoms with Crippen LogP contribution in [0.3, 0.4) is 0 Å². The van der Waals surface area contributed by atoms with Crippen molar-refractivity contribution in [3.63, 3.8) is 0 Å². The van der Waals surface area contributed by atoms with Crippen LogP contribution in [0.5, 0.6) is 0 Å². The van der Waals surface area contributed by atoms with Crippen molar-refractivity contribution in [2.75, 3.05) is 0 Å². The third-order valence-electron chi connectivity index (χ3n) is 3.22. The number of rotatable bonds is 4. The molecule has 0 saturated carbocycles. The Morgan fingerprint density at radius 3 is 2.83 bits per heavy atom. The summed E-state index contributed by atoms with van der Waals surface area (Å²) in [4.78, 5) is 16.7. The number of Topliss-reactive ketones (excluding diaryl/α,β-unsaturated/α-hetero) is 1. The second kappa shape index (κ2) is 6.10. The monoisotopic (exact) mass is 326 g/mol. The smallest absolute Gasteiger partial charge is 0.207 e. The molecular formula is C16H11FN4OS. The molecular weight excluding hydrogens is 315 g/mol. The molecule has 1 atom stereocenters. The number of benzene rings is 1. The van der Waals surface area contributed by atoms with Crippen molar-refractivity contribution in [3.05, 3.63) is 64.1 Å². The van der Waals surface area contributed by atoms with Crippen molar-refractivity contribution in [2.45, 2.75) is 12.8 Å². The highest BCUT2D eigenvalue weighted by Gasteiger charge is 2.26. The van der Waals surface area contributed by atoms with E-state index in [4.69, 9.17) is 0 Å². The fourth-order valence-corrected chi connectivity index (χ4v) is 2.94. The first kappa shape index (κ1) is 15.1. The summed E-state index contributed by atoms with van der Waals surface area (Å²) in [7, 11) is 0. The van der Waals surface area contributed by atoms with Gasteiger partial charge in [0.25, 0.3) is 0 Å². The summed E-state index contributed by atoms with van der Waals surface area (Å²) < 4.78 is 15.1. The topological polar surface area (TPSA) is 71.6 Å². The number of halogens is 1. The Labute approximate surface area is 135 Å². The SMILES string of the molecule is Cc1csc(C(C#N)C(=O)c2ccn(-c3ccccc3F)n2)n1. The number of hydrogen-bond acceptors (Lipinski definition) is 5. The molecule has 114 valence electrons. The van der Waals surface area contributed by atoms with Crippen LogP contribution < -0.4 is 0 Å². The summed E-state index contributed by atoms with van der Waals surface area (Å²) in [5.74, 6) is -1.89. The van der Waals surface area contributed by atoms with Gasteiger partial charge in [-0.3, -0.25) is 4.79 Å². The van der Waals surface area contributed by atoms with Crippen molar-refractivity contribution in [1.82, 2.24) is 14.8 Å². The first-order valence-corrected chi connectivity index (χ1v) is 7.64. The van der Waals surface area contributed by atoms with Gasteiger partial charge in [-0.25, -0.2) is 14.1 Å². The van der Waals surface area contributed by atoms with Crippen molar-refractivity contribution in [3.8, 4) is 11.8 Å². The van der Waals surface area contributed by atoms with Crippen LogP contribution in [-0.4, -0.2) is 20.5 Å². The van der Waals surface area contributed by atoms with E-state index in [9.17, 15) is 14.4 Å². The summed E-state index contributed by atoms with van der Waals surface area (Å²) >= 11 is 1.26. The van der Waals surface area contributed by atoms with E-state index in [0.717, 1.165) is 5.69 Å². The molecule has 0 N–H and O–H groups in total. The normalized spacial score (nSPS) is 11.9. The maximum atomic E-state index is 13.8. The Kier molecular flexibility index (Phi) is 4.00. The Morgan fingerprint density at radius 2 is 2.17 bits per heavy atom. The second-order valence-electron chi connectivity index (χ2n) is 4.85. The van der Waals surface area contributed by atoms with E-state index >= 15 is 0 Å². The molecule has 0 aliphatic rings. The molecule has 7 heteroatoms. The number of aromatic nitrogens is 3. The summed E-state index contributed by atoms with van der Waals surface area (Å²) in [6.07, 6.45) is 1.49. The van der Waals surface area contributed by atoms with Crippen LogP contribution in [0.1, 0.15) is 27.1 Å². The highest BCUT2D eigenvalue weighted by atomic mass is 32.1. The van der Waals surface area contributed by atoms with E-state index in [-0.39, 0.29) is 11.4 Å². The Bertz CT molecular complexity index is 909. The molecule has 5 nitrogen and oxygen atoms in total. The fourth-order valence-electron chi connectivity index (χ4n) is 2.11. The zero-order valence-corrected chi connectivity index (χ0v) is 12.9. The minimum absolute atomic E-state index is 0.104. The van der Waals surface area contributed by atoms with Crippen LogP contribution in [0.2, 0.25) is 0 Å². The fraction of sp³-hybridized carbons (Fsp3) is 0.125. The number of nitriles is 1. The van der Waals surface area contributed by atoms with Gasteiger partial charge in [-0.1, -0.05) is 12.1 Å². The van der Waals surface area contributed by atoms with E-state index in [1.807, 2.05) is 6.07 Å². The summed E-state index contributed by atoms with van der Waals surface area (Å²) in [6.45, 7) is 1.80. The van der Waals surface area contributed by atoms with Gasteiger partial charge >= 0.3 is 0 Å². The van der Waals surface area contributed by atoms with Gasteiger partial charge in [-0.05, 0) is 25.1 Å². The van der Waals surface area contributed by atoms with E-state index in [0.29, 0.717) is 5.01 Å².